The van der Waals surface area contributed by atoms with Crippen LogP contribution in [-0.2, 0) is 4.74 Å². The van der Waals surface area contributed by atoms with Crippen LogP contribution in [0.2, 0.25) is 0 Å². The summed E-state index contributed by atoms with van der Waals surface area (Å²) in [5.74, 6) is -2.57. The van der Waals surface area contributed by atoms with Gasteiger partial charge in [0.25, 0.3) is 0 Å². The van der Waals surface area contributed by atoms with Crippen molar-refractivity contribution in [1.29, 1.82) is 0 Å². The fourth-order valence-electron chi connectivity index (χ4n) is 3.64. The van der Waals surface area contributed by atoms with Crippen LogP contribution in [-0.4, -0.2) is 12.7 Å². The molecule has 0 N–H and O–H groups in total. The molecule has 2 aromatic carbocycles. The van der Waals surface area contributed by atoms with Gasteiger partial charge in [-0.05, 0) is 43.4 Å². The standard InChI is InChI=1S/C22H25F3O/c1-3-4-5-16-8-7-15(13-26-16)17-10-11-19(22(25)21(17)24)18-9-6-14(2)12-20(18)23/h6,9-12,15-16H,3-5,7-8,13H2,1-2H3. The van der Waals surface area contributed by atoms with Crippen LogP contribution in [0.25, 0.3) is 11.1 Å². The minimum atomic E-state index is -0.988. The number of halogens is 3. The molecular weight excluding hydrogens is 337 g/mol. The van der Waals surface area contributed by atoms with Crippen LogP contribution in [0.3, 0.4) is 0 Å². The van der Waals surface area contributed by atoms with Gasteiger partial charge in [0, 0.05) is 17.0 Å². The molecule has 2 aromatic rings. The predicted molar refractivity (Wildman–Crippen MR) is 97.7 cm³/mol. The molecule has 1 aliphatic rings. The van der Waals surface area contributed by atoms with E-state index in [9.17, 15) is 13.2 Å². The summed E-state index contributed by atoms with van der Waals surface area (Å²) in [6, 6.07) is 7.56. The van der Waals surface area contributed by atoms with Gasteiger partial charge in [0.05, 0.1) is 12.7 Å². The molecule has 1 aliphatic heterocycles. The molecule has 3 rings (SSSR count). The summed E-state index contributed by atoms with van der Waals surface area (Å²) in [6.45, 7) is 4.30. The SMILES string of the molecule is CCCCC1CCC(c2ccc(-c3ccc(C)cc3F)c(F)c2F)CO1. The van der Waals surface area contributed by atoms with Crippen LogP contribution >= 0.6 is 0 Å². The highest BCUT2D eigenvalue weighted by Crippen LogP contribution is 2.35. The number of unbranched alkanes of at least 4 members (excludes halogenated alkanes) is 1. The van der Waals surface area contributed by atoms with Crippen molar-refractivity contribution in [1.82, 2.24) is 0 Å². The van der Waals surface area contributed by atoms with Gasteiger partial charge in [-0.1, -0.05) is 44.0 Å². The Labute approximate surface area is 153 Å². The molecule has 0 saturated carbocycles. The van der Waals surface area contributed by atoms with E-state index in [0.717, 1.165) is 37.7 Å². The highest BCUT2D eigenvalue weighted by Gasteiger charge is 2.27. The summed E-state index contributed by atoms with van der Waals surface area (Å²) >= 11 is 0. The summed E-state index contributed by atoms with van der Waals surface area (Å²) < 4.78 is 49.3. The Morgan fingerprint density at radius 2 is 1.77 bits per heavy atom. The maximum absolute atomic E-state index is 14.7. The second-order valence-electron chi connectivity index (χ2n) is 7.19. The van der Waals surface area contributed by atoms with Gasteiger partial charge in [-0.15, -0.1) is 0 Å². The van der Waals surface area contributed by atoms with Gasteiger partial charge in [-0.25, -0.2) is 13.2 Å². The molecule has 1 heterocycles. The van der Waals surface area contributed by atoms with E-state index in [1.54, 1.807) is 19.1 Å². The van der Waals surface area contributed by atoms with E-state index in [4.69, 9.17) is 4.74 Å². The van der Waals surface area contributed by atoms with Gasteiger partial charge < -0.3 is 4.74 Å². The minimum Gasteiger partial charge on any atom is -0.378 e. The number of hydrogen-bond acceptors (Lipinski definition) is 1. The van der Waals surface area contributed by atoms with Gasteiger partial charge in [0.15, 0.2) is 11.6 Å². The molecule has 0 spiro atoms. The fraction of sp³-hybridized carbons (Fsp3) is 0.455. The Kier molecular flexibility index (Phi) is 6.02. The van der Waals surface area contributed by atoms with Gasteiger partial charge >= 0.3 is 0 Å². The molecule has 26 heavy (non-hydrogen) atoms. The largest absolute Gasteiger partial charge is 0.378 e. The zero-order valence-corrected chi connectivity index (χ0v) is 15.3. The Balaban J connectivity index is 1.80. The molecule has 0 aliphatic carbocycles. The van der Waals surface area contributed by atoms with Crippen molar-refractivity contribution in [3.05, 3.63) is 58.9 Å². The summed E-state index contributed by atoms with van der Waals surface area (Å²) in [4.78, 5) is 0. The average molecular weight is 362 g/mol. The zero-order valence-electron chi connectivity index (χ0n) is 15.3. The monoisotopic (exact) mass is 362 g/mol. The number of aryl methyl sites for hydroxylation is 1. The highest BCUT2D eigenvalue weighted by molar-refractivity contribution is 5.66. The lowest BCUT2D eigenvalue weighted by molar-refractivity contribution is -0.00258. The quantitative estimate of drug-likeness (QED) is 0.587. The molecule has 1 fully saturated rings. The first-order chi connectivity index (χ1) is 12.5. The molecule has 2 atom stereocenters. The summed E-state index contributed by atoms with van der Waals surface area (Å²) in [5, 5.41) is 0. The lowest BCUT2D eigenvalue weighted by atomic mass is 9.88. The lowest BCUT2D eigenvalue weighted by Crippen LogP contribution is -2.25. The Morgan fingerprint density at radius 1 is 1.00 bits per heavy atom. The Bertz CT molecular complexity index is 764. The predicted octanol–water partition coefficient (Wildman–Crippen LogP) is 6.53. The summed E-state index contributed by atoms with van der Waals surface area (Å²) in [5.41, 5.74) is 1.10. The molecule has 0 aromatic heterocycles. The molecule has 1 nitrogen and oxygen atoms in total. The first kappa shape index (κ1) is 19.0. The van der Waals surface area contributed by atoms with E-state index in [1.165, 1.54) is 18.2 Å². The molecule has 0 bridgehead atoms. The van der Waals surface area contributed by atoms with Crippen molar-refractivity contribution in [3.8, 4) is 11.1 Å². The average Bonchev–Trinajstić information content (AvgIpc) is 2.63. The van der Waals surface area contributed by atoms with Crippen LogP contribution < -0.4 is 0 Å². The van der Waals surface area contributed by atoms with Crippen molar-refractivity contribution in [2.75, 3.05) is 6.61 Å². The minimum absolute atomic E-state index is 0.0405. The van der Waals surface area contributed by atoms with Crippen molar-refractivity contribution in [2.24, 2.45) is 0 Å². The molecular formula is C22H25F3O. The normalized spacial score (nSPS) is 20.3. The van der Waals surface area contributed by atoms with Crippen molar-refractivity contribution in [3.63, 3.8) is 0 Å². The number of benzene rings is 2. The van der Waals surface area contributed by atoms with E-state index in [1.807, 2.05) is 0 Å². The van der Waals surface area contributed by atoms with E-state index in [0.29, 0.717) is 12.2 Å². The lowest BCUT2D eigenvalue weighted by Gasteiger charge is -2.29. The van der Waals surface area contributed by atoms with E-state index in [-0.39, 0.29) is 23.1 Å². The maximum atomic E-state index is 14.7. The third-order valence-electron chi connectivity index (χ3n) is 5.22. The summed E-state index contributed by atoms with van der Waals surface area (Å²) in [6.07, 6.45) is 5.13. The van der Waals surface area contributed by atoms with Crippen LogP contribution in [0.1, 0.15) is 56.1 Å². The summed E-state index contributed by atoms with van der Waals surface area (Å²) in [7, 11) is 0. The highest BCUT2D eigenvalue weighted by atomic mass is 19.2. The smallest absolute Gasteiger partial charge is 0.167 e. The Hall–Kier alpha value is -1.81. The third-order valence-corrected chi connectivity index (χ3v) is 5.22. The zero-order chi connectivity index (χ0) is 18.7. The second-order valence-corrected chi connectivity index (χ2v) is 7.19. The molecule has 2 unspecified atom stereocenters. The molecule has 0 amide bonds. The van der Waals surface area contributed by atoms with Crippen molar-refractivity contribution < 1.29 is 17.9 Å². The van der Waals surface area contributed by atoms with Crippen LogP contribution in [0, 0.1) is 24.4 Å². The first-order valence-electron chi connectivity index (χ1n) is 9.37. The molecule has 1 saturated heterocycles. The van der Waals surface area contributed by atoms with E-state index >= 15 is 0 Å². The fourth-order valence-corrected chi connectivity index (χ4v) is 3.64. The van der Waals surface area contributed by atoms with Crippen LogP contribution in [0.4, 0.5) is 13.2 Å². The molecule has 0 radical (unpaired) electrons. The number of rotatable bonds is 5. The van der Waals surface area contributed by atoms with Crippen LogP contribution in [0.5, 0.6) is 0 Å². The topological polar surface area (TPSA) is 9.23 Å². The maximum Gasteiger partial charge on any atom is 0.167 e. The Morgan fingerprint density at radius 3 is 2.42 bits per heavy atom. The van der Waals surface area contributed by atoms with Gasteiger partial charge in [0.2, 0.25) is 0 Å². The van der Waals surface area contributed by atoms with Crippen molar-refractivity contribution in [2.45, 2.75) is 58.0 Å². The second kappa shape index (κ2) is 8.26. The molecule has 140 valence electrons. The van der Waals surface area contributed by atoms with E-state index < -0.39 is 17.5 Å². The van der Waals surface area contributed by atoms with Gasteiger partial charge in [-0.3, -0.25) is 0 Å². The molecule has 4 heteroatoms. The van der Waals surface area contributed by atoms with Crippen molar-refractivity contribution >= 4 is 0 Å². The third kappa shape index (κ3) is 3.96. The van der Waals surface area contributed by atoms with Crippen LogP contribution in [0.15, 0.2) is 30.3 Å². The van der Waals surface area contributed by atoms with Gasteiger partial charge in [0.1, 0.15) is 5.82 Å². The first-order valence-corrected chi connectivity index (χ1v) is 9.37. The van der Waals surface area contributed by atoms with Gasteiger partial charge in [-0.2, -0.15) is 0 Å². The number of ether oxygens (including phenoxy) is 1. The van der Waals surface area contributed by atoms with E-state index in [2.05, 4.69) is 6.92 Å². The number of hydrogen-bond donors (Lipinski definition) is 0.